The quantitative estimate of drug-likeness (QED) is 0.424. The van der Waals surface area contributed by atoms with Crippen LogP contribution in [-0.2, 0) is 19.6 Å². The topological polar surface area (TPSA) is 139 Å². The number of non-ortho nitro benzene ring substituents is 1. The molecule has 1 saturated heterocycles. The van der Waals surface area contributed by atoms with Gasteiger partial charge in [-0.15, -0.1) is 0 Å². The molecule has 0 aliphatic carbocycles. The highest BCUT2D eigenvalue weighted by Gasteiger charge is 2.25. The number of hydrogen-bond acceptors (Lipinski definition) is 6. The molecule has 1 aromatic carbocycles. The van der Waals surface area contributed by atoms with Crippen LogP contribution in [0.5, 0.6) is 0 Å². The van der Waals surface area contributed by atoms with Gasteiger partial charge in [-0.2, -0.15) is 0 Å². The zero-order chi connectivity index (χ0) is 20.2. The number of carbonyl (C=O) groups excluding carboxylic acids is 2. The van der Waals surface area contributed by atoms with E-state index in [2.05, 4.69) is 10.6 Å². The summed E-state index contributed by atoms with van der Waals surface area (Å²) in [6.07, 6.45) is 2.38. The maximum atomic E-state index is 12.0. The molecular formula is C16H22N4O6S. The van der Waals surface area contributed by atoms with Crippen LogP contribution in [0.2, 0.25) is 0 Å². The van der Waals surface area contributed by atoms with E-state index in [-0.39, 0.29) is 18.2 Å². The Kier molecular flexibility index (Phi) is 6.50. The Hall–Kier alpha value is -2.53. The fraction of sp³-hybridized carbons (Fsp3) is 0.500. The number of anilines is 1. The number of nitrogens with one attached hydrogen (secondary N) is 2. The first kappa shape index (κ1) is 20.8. The van der Waals surface area contributed by atoms with Gasteiger partial charge in [0.15, 0.2) is 0 Å². The van der Waals surface area contributed by atoms with Gasteiger partial charge in [-0.05, 0) is 37.3 Å². The standard InChI is InChI=1S/C16H22N4O6S/c1-11-9-13(20(23)24)3-4-14(11)18-16(22)15(21)17-10-12-5-7-19(8-6-12)27(2,25)26/h3-4,9,12H,5-8,10H2,1-2H3,(H,17,21)(H,18,22). The highest BCUT2D eigenvalue weighted by atomic mass is 32.2. The van der Waals surface area contributed by atoms with Crippen molar-refractivity contribution >= 4 is 33.2 Å². The van der Waals surface area contributed by atoms with E-state index in [4.69, 9.17) is 0 Å². The molecule has 0 bridgehead atoms. The summed E-state index contributed by atoms with van der Waals surface area (Å²) >= 11 is 0. The highest BCUT2D eigenvalue weighted by Crippen LogP contribution is 2.21. The largest absolute Gasteiger partial charge is 0.348 e. The summed E-state index contributed by atoms with van der Waals surface area (Å²) in [5, 5.41) is 15.7. The van der Waals surface area contributed by atoms with Gasteiger partial charge in [0.2, 0.25) is 10.0 Å². The van der Waals surface area contributed by atoms with Gasteiger partial charge in [0.1, 0.15) is 0 Å². The second-order valence-electron chi connectivity index (χ2n) is 6.53. The first-order chi connectivity index (χ1) is 12.6. The summed E-state index contributed by atoms with van der Waals surface area (Å²) in [5.74, 6) is -1.57. The van der Waals surface area contributed by atoms with E-state index >= 15 is 0 Å². The van der Waals surface area contributed by atoms with Crippen LogP contribution in [0.1, 0.15) is 18.4 Å². The molecule has 2 rings (SSSR count). The monoisotopic (exact) mass is 398 g/mol. The zero-order valence-electron chi connectivity index (χ0n) is 15.1. The average molecular weight is 398 g/mol. The highest BCUT2D eigenvalue weighted by molar-refractivity contribution is 7.88. The van der Waals surface area contributed by atoms with E-state index in [9.17, 15) is 28.1 Å². The summed E-state index contributed by atoms with van der Waals surface area (Å²) in [5.41, 5.74) is 0.691. The Morgan fingerprint density at radius 2 is 1.89 bits per heavy atom. The molecule has 1 fully saturated rings. The van der Waals surface area contributed by atoms with Crippen LogP contribution in [-0.4, -0.2) is 55.4 Å². The number of nitro groups is 1. The molecule has 1 heterocycles. The Morgan fingerprint density at radius 3 is 2.41 bits per heavy atom. The molecule has 10 nitrogen and oxygen atoms in total. The number of aryl methyl sites for hydroxylation is 1. The van der Waals surface area contributed by atoms with Crippen LogP contribution >= 0.6 is 0 Å². The number of nitro benzene ring substituents is 1. The Labute approximate surface area is 157 Å². The summed E-state index contributed by atoms with van der Waals surface area (Å²) in [4.78, 5) is 34.1. The number of hydrogen-bond donors (Lipinski definition) is 2. The van der Waals surface area contributed by atoms with Gasteiger partial charge < -0.3 is 10.6 Å². The van der Waals surface area contributed by atoms with E-state index in [1.807, 2.05) is 0 Å². The molecule has 0 unspecified atom stereocenters. The normalized spacial score (nSPS) is 15.9. The lowest BCUT2D eigenvalue weighted by atomic mass is 9.98. The number of nitrogens with zero attached hydrogens (tertiary/aromatic N) is 2. The Morgan fingerprint density at radius 1 is 1.26 bits per heavy atom. The van der Waals surface area contributed by atoms with Crippen molar-refractivity contribution in [2.45, 2.75) is 19.8 Å². The molecule has 0 saturated carbocycles. The molecular weight excluding hydrogens is 376 g/mol. The van der Waals surface area contributed by atoms with E-state index in [1.165, 1.54) is 28.8 Å². The summed E-state index contributed by atoms with van der Waals surface area (Å²) in [6, 6.07) is 3.93. The predicted octanol–water partition coefficient (Wildman–Crippen LogP) is 0.630. The van der Waals surface area contributed by atoms with Gasteiger partial charge in [-0.3, -0.25) is 19.7 Å². The number of amides is 2. The van der Waals surface area contributed by atoms with Crippen molar-refractivity contribution in [2.75, 3.05) is 31.2 Å². The minimum absolute atomic E-state index is 0.0980. The van der Waals surface area contributed by atoms with Gasteiger partial charge in [0, 0.05) is 37.5 Å². The van der Waals surface area contributed by atoms with Crippen LogP contribution in [0, 0.1) is 23.0 Å². The van der Waals surface area contributed by atoms with Crippen molar-refractivity contribution in [2.24, 2.45) is 5.92 Å². The molecule has 0 aromatic heterocycles. The van der Waals surface area contributed by atoms with Crippen molar-refractivity contribution in [3.05, 3.63) is 33.9 Å². The Bertz CT molecular complexity index is 846. The van der Waals surface area contributed by atoms with E-state index in [1.54, 1.807) is 6.92 Å². The maximum absolute atomic E-state index is 12.0. The van der Waals surface area contributed by atoms with Gasteiger partial charge in [-0.25, -0.2) is 12.7 Å². The summed E-state index contributed by atoms with van der Waals surface area (Å²) in [6.45, 7) is 2.67. The lowest BCUT2D eigenvalue weighted by molar-refractivity contribution is -0.384. The number of benzene rings is 1. The van der Waals surface area contributed by atoms with Crippen molar-refractivity contribution in [3.8, 4) is 0 Å². The Balaban J connectivity index is 1.83. The smallest absolute Gasteiger partial charge is 0.313 e. The minimum Gasteiger partial charge on any atom is -0.348 e. The number of rotatable bonds is 5. The average Bonchev–Trinajstić information content (AvgIpc) is 2.60. The third-order valence-corrected chi connectivity index (χ3v) is 5.77. The minimum atomic E-state index is -3.20. The molecule has 1 aromatic rings. The molecule has 27 heavy (non-hydrogen) atoms. The first-order valence-corrected chi connectivity index (χ1v) is 10.2. The maximum Gasteiger partial charge on any atom is 0.313 e. The molecule has 1 aliphatic heterocycles. The zero-order valence-corrected chi connectivity index (χ0v) is 15.9. The summed E-state index contributed by atoms with van der Waals surface area (Å²) < 4.78 is 24.3. The number of sulfonamides is 1. The first-order valence-electron chi connectivity index (χ1n) is 8.37. The van der Waals surface area contributed by atoms with E-state index < -0.39 is 26.8 Å². The molecule has 148 valence electrons. The molecule has 0 radical (unpaired) electrons. The third-order valence-electron chi connectivity index (χ3n) is 4.47. The molecule has 0 atom stereocenters. The predicted molar refractivity (Wildman–Crippen MR) is 98.6 cm³/mol. The molecule has 0 spiro atoms. The van der Waals surface area contributed by atoms with Crippen LogP contribution in [0.4, 0.5) is 11.4 Å². The van der Waals surface area contributed by atoms with Crippen LogP contribution in [0.15, 0.2) is 18.2 Å². The molecule has 2 amide bonds. The lowest BCUT2D eigenvalue weighted by Crippen LogP contribution is -2.43. The van der Waals surface area contributed by atoms with Gasteiger partial charge >= 0.3 is 11.8 Å². The second-order valence-corrected chi connectivity index (χ2v) is 8.51. The molecule has 1 aliphatic rings. The van der Waals surface area contributed by atoms with Gasteiger partial charge in [0.05, 0.1) is 11.2 Å². The van der Waals surface area contributed by atoms with Crippen molar-refractivity contribution < 1.29 is 22.9 Å². The second kappa shape index (κ2) is 8.44. The third kappa shape index (κ3) is 5.73. The molecule has 2 N–H and O–H groups in total. The van der Waals surface area contributed by atoms with Crippen molar-refractivity contribution in [1.82, 2.24) is 9.62 Å². The lowest BCUT2D eigenvalue weighted by Gasteiger charge is -2.30. The van der Waals surface area contributed by atoms with E-state index in [0.717, 1.165) is 0 Å². The summed E-state index contributed by atoms with van der Waals surface area (Å²) in [7, 11) is -3.20. The van der Waals surface area contributed by atoms with Crippen LogP contribution in [0.25, 0.3) is 0 Å². The van der Waals surface area contributed by atoms with Gasteiger partial charge in [-0.1, -0.05) is 0 Å². The fourth-order valence-corrected chi connectivity index (χ4v) is 3.72. The fourth-order valence-electron chi connectivity index (χ4n) is 2.84. The molecule has 11 heteroatoms. The van der Waals surface area contributed by atoms with Gasteiger partial charge in [0.25, 0.3) is 5.69 Å². The van der Waals surface area contributed by atoms with Crippen molar-refractivity contribution in [1.29, 1.82) is 0 Å². The number of piperidine rings is 1. The number of carbonyl (C=O) groups is 2. The van der Waals surface area contributed by atoms with Crippen LogP contribution in [0.3, 0.4) is 0 Å². The van der Waals surface area contributed by atoms with E-state index in [0.29, 0.717) is 37.2 Å². The van der Waals surface area contributed by atoms with Crippen molar-refractivity contribution in [3.63, 3.8) is 0 Å². The van der Waals surface area contributed by atoms with Crippen LogP contribution < -0.4 is 10.6 Å². The SMILES string of the molecule is Cc1cc([N+](=O)[O-])ccc1NC(=O)C(=O)NCC1CCN(S(C)(=O)=O)CC1.